The summed E-state index contributed by atoms with van der Waals surface area (Å²) in [6, 6.07) is 0. The van der Waals surface area contributed by atoms with Crippen molar-refractivity contribution in [3.05, 3.63) is 12.4 Å². The molecule has 14 heavy (non-hydrogen) atoms. The molecule has 0 saturated carbocycles. The van der Waals surface area contributed by atoms with Gasteiger partial charge in [-0.05, 0) is 0 Å². The van der Waals surface area contributed by atoms with Gasteiger partial charge >= 0.3 is 6.18 Å². The second kappa shape index (κ2) is 3.69. The SMILES string of the molecule is Cn1cc(NC(=O)CC(F)(F)F)cn1. The van der Waals surface area contributed by atoms with Crippen molar-refractivity contribution >= 4 is 11.6 Å². The molecule has 4 nitrogen and oxygen atoms in total. The smallest absolute Gasteiger partial charge is 0.323 e. The lowest BCUT2D eigenvalue weighted by molar-refractivity contribution is -0.150. The van der Waals surface area contributed by atoms with Crippen LogP contribution < -0.4 is 5.32 Å². The molecule has 7 heteroatoms. The van der Waals surface area contributed by atoms with Gasteiger partial charge in [-0.2, -0.15) is 18.3 Å². The summed E-state index contributed by atoms with van der Waals surface area (Å²) in [5, 5.41) is 5.76. The highest BCUT2D eigenvalue weighted by molar-refractivity contribution is 5.90. The molecule has 0 bridgehead atoms. The zero-order valence-electron chi connectivity index (χ0n) is 7.30. The number of aryl methyl sites for hydroxylation is 1. The Morgan fingerprint density at radius 3 is 2.71 bits per heavy atom. The van der Waals surface area contributed by atoms with Gasteiger partial charge in [-0.15, -0.1) is 0 Å². The normalized spacial score (nSPS) is 11.4. The minimum atomic E-state index is -4.48. The van der Waals surface area contributed by atoms with Gasteiger partial charge in [0.1, 0.15) is 6.42 Å². The van der Waals surface area contributed by atoms with Crippen LogP contribution in [0, 0.1) is 0 Å². The van der Waals surface area contributed by atoms with Crippen molar-refractivity contribution in [1.29, 1.82) is 0 Å². The number of nitrogens with zero attached hydrogens (tertiary/aromatic N) is 2. The lowest BCUT2D eigenvalue weighted by atomic mass is 10.4. The van der Waals surface area contributed by atoms with Crippen molar-refractivity contribution in [2.24, 2.45) is 7.05 Å². The Kier molecular flexibility index (Phi) is 2.78. The molecule has 0 unspecified atom stereocenters. The number of hydrogen-bond donors (Lipinski definition) is 1. The topological polar surface area (TPSA) is 46.9 Å². The van der Waals surface area contributed by atoms with Crippen LogP contribution in [0.3, 0.4) is 0 Å². The largest absolute Gasteiger partial charge is 0.397 e. The van der Waals surface area contributed by atoms with Gasteiger partial charge in [-0.25, -0.2) is 0 Å². The number of halogens is 3. The molecule has 0 atom stereocenters. The Morgan fingerprint density at radius 2 is 2.29 bits per heavy atom. The Labute approximate surface area is 77.7 Å². The zero-order chi connectivity index (χ0) is 10.8. The van der Waals surface area contributed by atoms with Crippen LogP contribution in [-0.4, -0.2) is 21.9 Å². The molecule has 0 radical (unpaired) electrons. The fourth-order valence-corrected chi connectivity index (χ4v) is 0.873. The van der Waals surface area contributed by atoms with E-state index < -0.39 is 18.5 Å². The summed E-state index contributed by atoms with van der Waals surface area (Å²) in [6.45, 7) is 0. The van der Waals surface area contributed by atoms with E-state index in [1.165, 1.54) is 17.1 Å². The van der Waals surface area contributed by atoms with E-state index in [0.29, 0.717) is 0 Å². The van der Waals surface area contributed by atoms with Gasteiger partial charge in [0.25, 0.3) is 0 Å². The third kappa shape index (κ3) is 3.46. The van der Waals surface area contributed by atoms with E-state index in [0.717, 1.165) is 0 Å². The second-order valence-corrected chi connectivity index (χ2v) is 2.74. The van der Waals surface area contributed by atoms with Crippen LogP contribution in [-0.2, 0) is 11.8 Å². The van der Waals surface area contributed by atoms with Crippen LogP contribution in [0.4, 0.5) is 18.9 Å². The summed E-state index contributed by atoms with van der Waals surface area (Å²) in [5.74, 6) is -1.09. The summed E-state index contributed by atoms with van der Waals surface area (Å²) < 4.78 is 36.6. The highest BCUT2D eigenvalue weighted by atomic mass is 19.4. The minimum Gasteiger partial charge on any atom is -0.323 e. The first-order valence-corrected chi connectivity index (χ1v) is 3.72. The molecule has 0 spiro atoms. The molecule has 0 aliphatic carbocycles. The number of carbonyl (C=O) groups is 1. The number of aromatic nitrogens is 2. The van der Waals surface area contributed by atoms with Crippen LogP contribution in [0.2, 0.25) is 0 Å². The number of nitrogens with one attached hydrogen (secondary N) is 1. The van der Waals surface area contributed by atoms with E-state index in [-0.39, 0.29) is 5.69 Å². The van der Waals surface area contributed by atoms with Crippen LogP contribution in [0.15, 0.2) is 12.4 Å². The van der Waals surface area contributed by atoms with E-state index >= 15 is 0 Å². The van der Waals surface area contributed by atoms with Crippen molar-refractivity contribution in [3.8, 4) is 0 Å². The van der Waals surface area contributed by atoms with E-state index in [1.807, 2.05) is 0 Å². The average molecular weight is 207 g/mol. The predicted octanol–water partition coefficient (Wildman–Crippen LogP) is 1.31. The molecule has 1 N–H and O–H groups in total. The summed E-state index contributed by atoms with van der Waals surface area (Å²) >= 11 is 0. The third-order valence-electron chi connectivity index (χ3n) is 1.35. The molecular formula is C7H8F3N3O. The second-order valence-electron chi connectivity index (χ2n) is 2.74. The van der Waals surface area contributed by atoms with Gasteiger partial charge in [-0.1, -0.05) is 0 Å². The van der Waals surface area contributed by atoms with E-state index in [4.69, 9.17) is 0 Å². The number of amides is 1. The Morgan fingerprint density at radius 1 is 1.64 bits per heavy atom. The van der Waals surface area contributed by atoms with Gasteiger partial charge in [0.2, 0.25) is 5.91 Å². The Balaban J connectivity index is 2.50. The highest BCUT2D eigenvalue weighted by Crippen LogP contribution is 2.20. The van der Waals surface area contributed by atoms with E-state index in [1.54, 1.807) is 7.05 Å². The monoisotopic (exact) mass is 207 g/mol. The van der Waals surface area contributed by atoms with Crippen molar-refractivity contribution in [2.45, 2.75) is 12.6 Å². The standard InChI is InChI=1S/C7H8F3N3O/c1-13-4-5(3-11-13)12-6(14)2-7(8,9)10/h3-4H,2H2,1H3,(H,12,14). The van der Waals surface area contributed by atoms with Crippen LogP contribution in [0.25, 0.3) is 0 Å². The summed E-state index contributed by atoms with van der Waals surface area (Å²) in [7, 11) is 1.60. The van der Waals surface area contributed by atoms with Crippen molar-refractivity contribution in [2.75, 3.05) is 5.32 Å². The first-order chi connectivity index (χ1) is 6.37. The first-order valence-electron chi connectivity index (χ1n) is 3.72. The van der Waals surface area contributed by atoms with E-state index in [2.05, 4.69) is 10.4 Å². The molecule has 1 heterocycles. The van der Waals surface area contributed by atoms with Crippen LogP contribution >= 0.6 is 0 Å². The molecule has 1 rings (SSSR count). The number of hydrogen-bond acceptors (Lipinski definition) is 2. The van der Waals surface area contributed by atoms with Crippen molar-refractivity contribution < 1.29 is 18.0 Å². The molecule has 1 amide bonds. The maximum absolute atomic E-state index is 11.7. The average Bonchev–Trinajstić information content (AvgIpc) is 2.30. The maximum Gasteiger partial charge on any atom is 0.397 e. The lowest BCUT2D eigenvalue weighted by Crippen LogP contribution is -2.20. The van der Waals surface area contributed by atoms with Crippen molar-refractivity contribution in [3.63, 3.8) is 0 Å². The summed E-state index contributed by atoms with van der Waals surface area (Å²) in [4.78, 5) is 10.8. The quantitative estimate of drug-likeness (QED) is 0.794. The lowest BCUT2D eigenvalue weighted by Gasteiger charge is -2.05. The maximum atomic E-state index is 11.7. The van der Waals surface area contributed by atoms with Gasteiger partial charge in [0.15, 0.2) is 0 Å². The van der Waals surface area contributed by atoms with Crippen molar-refractivity contribution in [1.82, 2.24) is 9.78 Å². The molecule has 1 aromatic rings. The fourth-order valence-electron chi connectivity index (χ4n) is 0.873. The van der Waals surface area contributed by atoms with Gasteiger partial charge in [-0.3, -0.25) is 9.48 Å². The molecule has 1 aromatic heterocycles. The molecule has 0 aliphatic heterocycles. The minimum absolute atomic E-state index is 0.252. The molecule has 0 fully saturated rings. The highest BCUT2D eigenvalue weighted by Gasteiger charge is 2.31. The van der Waals surface area contributed by atoms with Crippen LogP contribution in [0.1, 0.15) is 6.42 Å². The molecule has 0 aromatic carbocycles. The van der Waals surface area contributed by atoms with E-state index in [9.17, 15) is 18.0 Å². The number of carbonyl (C=O) groups excluding carboxylic acids is 1. The summed E-state index contributed by atoms with van der Waals surface area (Å²) in [5.41, 5.74) is 0.252. The Bertz CT molecular complexity index is 331. The molecule has 78 valence electrons. The third-order valence-corrected chi connectivity index (χ3v) is 1.35. The van der Waals surface area contributed by atoms with Gasteiger partial charge in [0.05, 0.1) is 11.9 Å². The molecule has 0 saturated heterocycles. The van der Waals surface area contributed by atoms with Gasteiger partial charge < -0.3 is 5.32 Å². The zero-order valence-corrected chi connectivity index (χ0v) is 7.30. The fraction of sp³-hybridized carbons (Fsp3) is 0.429. The van der Waals surface area contributed by atoms with Gasteiger partial charge in [0, 0.05) is 13.2 Å². The summed E-state index contributed by atoms with van der Waals surface area (Å²) in [6.07, 6.45) is -3.28. The first kappa shape index (κ1) is 10.6. The molecule has 0 aliphatic rings. The predicted molar refractivity (Wildman–Crippen MR) is 42.5 cm³/mol. The molecular weight excluding hydrogens is 199 g/mol. The number of alkyl halides is 3. The number of rotatable bonds is 2. The number of anilines is 1. The van der Waals surface area contributed by atoms with Crippen LogP contribution in [0.5, 0.6) is 0 Å². The Hall–Kier alpha value is -1.53.